The number of methoxy groups -OCH3 is 1. The van der Waals surface area contributed by atoms with E-state index < -0.39 is 10.0 Å². The number of sulfonamides is 1. The highest BCUT2D eigenvalue weighted by molar-refractivity contribution is 7.89. The highest BCUT2D eigenvalue weighted by atomic mass is 35.5. The van der Waals surface area contributed by atoms with E-state index in [9.17, 15) is 13.2 Å². The normalized spacial score (nSPS) is 18.5. The molecule has 0 aliphatic carbocycles. The molecule has 4 rings (SSSR count). The van der Waals surface area contributed by atoms with E-state index >= 15 is 0 Å². The zero-order chi connectivity index (χ0) is 26.0. The number of benzene rings is 2. The van der Waals surface area contributed by atoms with Crippen LogP contribution in [0.25, 0.3) is 10.2 Å². The Morgan fingerprint density at radius 3 is 2.32 bits per heavy atom. The largest absolute Gasteiger partial charge is 0.497 e. The van der Waals surface area contributed by atoms with Crippen LogP contribution < -0.4 is 9.64 Å². The van der Waals surface area contributed by atoms with E-state index in [-0.39, 0.29) is 23.2 Å². The number of rotatable bonds is 8. The van der Waals surface area contributed by atoms with Gasteiger partial charge in [-0.1, -0.05) is 25.2 Å². The van der Waals surface area contributed by atoms with Gasteiger partial charge >= 0.3 is 0 Å². The lowest BCUT2D eigenvalue weighted by Crippen LogP contribution is -2.42. The Labute approximate surface area is 229 Å². The van der Waals surface area contributed by atoms with Crippen LogP contribution in [0.1, 0.15) is 30.6 Å². The summed E-state index contributed by atoms with van der Waals surface area (Å²) in [6.45, 7) is 6.32. The maximum Gasteiger partial charge on any atom is 0.260 e. The minimum atomic E-state index is -3.61. The Kier molecular flexibility index (Phi) is 9.57. The fourth-order valence-corrected chi connectivity index (χ4v) is 7.25. The highest BCUT2D eigenvalue weighted by Crippen LogP contribution is 2.32. The van der Waals surface area contributed by atoms with E-state index in [1.54, 1.807) is 40.6 Å². The fraction of sp³-hybridized carbons (Fsp3) is 0.462. The third kappa shape index (κ3) is 6.61. The number of carbonyl (C=O) groups is 1. The Hall–Kier alpha value is -2.24. The Balaban J connectivity index is 0.00000380. The molecule has 2 heterocycles. The van der Waals surface area contributed by atoms with Crippen molar-refractivity contribution in [1.29, 1.82) is 0 Å². The third-order valence-electron chi connectivity index (χ3n) is 6.40. The summed E-state index contributed by atoms with van der Waals surface area (Å²) < 4.78 is 34.3. The van der Waals surface area contributed by atoms with E-state index in [0.717, 1.165) is 16.6 Å². The van der Waals surface area contributed by atoms with Crippen LogP contribution in [0.2, 0.25) is 0 Å². The molecule has 0 radical (unpaired) electrons. The van der Waals surface area contributed by atoms with Crippen molar-refractivity contribution in [2.24, 2.45) is 11.8 Å². The van der Waals surface area contributed by atoms with Gasteiger partial charge in [0.2, 0.25) is 10.0 Å². The lowest BCUT2D eigenvalue weighted by Gasteiger charge is -2.34. The second-order valence-electron chi connectivity index (χ2n) is 9.88. The second kappa shape index (κ2) is 12.1. The molecule has 3 aromatic rings. The number of piperidine rings is 1. The van der Waals surface area contributed by atoms with Gasteiger partial charge in [0.1, 0.15) is 5.75 Å². The average Bonchev–Trinajstić information content (AvgIpc) is 3.26. The first-order chi connectivity index (χ1) is 17.1. The number of hydrogen-bond acceptors (Lipinski definition) is 7. The van der Waals surface area contributed by atoms with Gasteiger partial charge in [-0.2, -0.15) is 4.31 Å². The predicted molar refractivity (Wildman–Crippen MR) is 152 cm³/mol. The van der Waals surface area contributed by atoms with Gasteiger partial charge in [0, 0.05) is 37.8 Å². The molecule has 1 aliphatic heterocycles. The topological polar surface area (TPSA) is 83.0 Å². The Bertz CT molecular complexity index is 1320. The van der Waals surface area contributed by atoms with Crippen LogP contribution >= 0.6 is 23.7 Å². The summed E-state index contributed by atoms with van der Waals surface area (Å²) in [7, 11) is 1.90. The van der Waals surface area contributed by atoms with Gasteiger partial charge in [0.25, 0.3) is 5.91 Å². The zero-order valence-electron chi connectivity index (χ0n) is 21.9. The monoisotopic (exact) mass is 566 g/mol. The SMILES string of the molecule is COc1ccc2sc(N(CCN(C)C)C(=O)c3ccc(S(=O)(=O)N4CC(C)CC(C)C4)cc3)nc2c1.Cl. The standard InChI is InChI=1S/C26H34N4O4S2.ClH/c1-18-14-19(2)17-29(16-18)36(32,33)22-9-6-20(7-10-22)25(31)30(13-12-28(3)4)26-27-23-15-21(34-5)8-11-24(23)35-26;/h6-11,15,18-19H,12-14,16-17H2,1-5H3;1H. The number of fused-ring (bicyclic) bond motifs is 1. The van der Waals surface area contributed by atoms with Gasteiger partial charge in [-0.3, -0.25) is 9.69 Å². The van der Waals surface area contributed by atoms with Crippen molar-refractivity contribution in [2.45, 2.75) is 25.2 Å². The number of nitrogens with zero attached hydrogens (tertiary/aromatic N) is 4. The van der Waals surface area contributed by atoms with Gasteiger partial charge in [-0.15, -0.1) is 12.4 Å². The number of hydrogen-bond donors (Lipinski definition) is 0. The molecule has 2 aromatic carbocycles. The minimum absolute atomic E-state index is 0. The number of thiazole rings is 1. The van der Waals surface area contributed by atoms with Crippen LogP contribution in [0.15, 0.2) is 47.4 Å². The van der Waals surface area contributed by atoms with Crippen molar-refractivity contribution >= 4 is 55.0 Å². The number of ether oxygens (including phenoxy) is 1. The van der Waals surface area contributed by atoms with Crippen molar-refractivity contribution in [1.82, 2.24) is 14.2 Å². The minimum Gasteiger partial charge on any atom is -0.497 e. The molecule has 11 heteroatoms. The summed E-state index contributed by atoms with van der Waals surface area (Å²) in [5, 5.41) is 0.595. The molecule has 0 saturated carbocycles. The maximum absolute atomic E-state index is 13.6. The van der Waals surface area contributed by atoms with E-state index in [4.69, 9.17) is 9.72 Å². The van der Waals surface area contributed by atoms with E-state index in [2.05, 4.69) is 13.8 Å². The van der Waals surface area contributed by atoms with Gasteiger partial charge < -0.3 is 9.64 Å². The highest BCUT2D eigenvalue weighted by Gasteiger charge is 2.32. The first kappa shape index (κ1) is 29.3. The predicted octanol–water partition coefficient (Wildman–Crippen LogP) is 4.60. The summed E-state index contributed by atoms with van der Waals surface area (Å²) >= 11 is 1.44. The molecule has 202 valence electrons. The molecular formula is C26H35ClN4O4S2. The smallest absolute Gasteiger partial charge is 0.260 e. The molecule has 8 nitrogen and oxygen atoms in total. The van der Waals surface area contributed by atoms with Crippen LogP contribution in [0.5, 0.6) is 5.75 Å². The number of anilines is 1. The molecule has 0 bridgehead atoms. The number of halogens is 1. The van der Waals surface area contributed by atoms with Crippen LogP contribution in [0.3, 0.4) is 0 Å². The first-order valence-electron chi connectivity index (χ1n) is 12.1. The molecule has 1 aliphatic rings. The fourth-order valence-electron chi connectivity index (χ4n) is 4.60. The van der Waals surface area contributed by atoms with Crippen molar-refractivity contribution in [3.8, 4) is 5.75 Å². The summed E-state index contributed by atoms with van der Waals surface area (Å²) in [4.78, 5) is 22.2. The van der Waals surface area contributed by atoms with Crippen molar-refractivity contribution < 1.29 is 17.9 Å². The first-order valence-corrected chi connectivity index (χ1v) is 14.4. The summed E-state index contributed by atoms with van der Waals surface area (Å²) in [5.74, 6) is 1.14. The average molecular weight is 567 g/mol. The summed E-state index contributed by atoms with van der Waals surface area (Å²) in [6.07, 6.45) is 1.03. The van der Waals surface area contributed by atoms with Gasteiger partial charge in [0.05, 0.1) is 22.2 Å². The molecule has 1 saturated heterocycles. The van der Waals surface area contributed by atoms with Gasteiger partial charge in [0.15, 0.2) is 5.13 Å². The lowest BCUT2D eigenvalue weighted by atomic mass is 9.94. The third-order valence-corrected chi connectivity index (χ3v) is 9.31. The van der Waals surface area contributed by atoms with E-state index in [1.807, 2.05) is 37.2 Å². The van der Waals surface area contributed by atoms with Crippen LogP contribution in [-0.4, -0.2) is 75.9 Å². The van der Waals surface area contributed by atoms with Gasteiger partial charge in [-0.05, 0) is 68.8 Å². The molecule has 2 atom stereocenters. The van der Waals surface area contributed by atoms with Crippen molar-refractivity contribution in [3.63, 3.8) is 0 Å². The van der Waals surface area contributed by atoms with Crippen LogP contribution in [0, 0.1) is 11.8 Å². The Morgan fingerprint density at radius 1 is 1.08 bits per heavy atom. The quantitative estimate of drug-likeness (QED) is 0.396. The number of amides is 1. The van der Waals surface area contributed by atoms with Crippen molar-refractivity contribution in [3.05, 3.63) is 48.0 Å². The van der Waals surface area contributed by atoms with Gasteiger partial charge in [-0.25, -0.2) is 13.4 Å². The van der Waals surface area contributed by atoms with E-state index in [1.165, 1.54) is 11.3 Å². The number of aromatic nitrogens is 1. The summed E-state index contributed by atoms with van der Waals surface area (Å²) in [6, 6.07) is 12.0. The molecule has 0 spiro atoms. The zero-order valence-corrected chi connectivity index (χ0v) is 24.3. The second-order valence-corrected chi connectivity index (χ2v) is 12.8. The lowest BCUT2D eigenvalue weighted by molar-refractivity contribution is 0.0985. The Morgan fingerprint density at radius 2 is 1.73 bits per heavy atom. The van der Waals surface area contributed by atoms with E-state index in [0.29, 0.717) is 54.5 Å². The van der Waals surface area contributed by atoms with Crippen LogP contribution in [0.4, 0.5) is 5.13 Å². The summed E-state index contributed by atoms with van der Waals surface area (Å²) in [5.41, 5.74) is 1.19. The molecule has 1 fully saturated rings. The molecular weight excluding hydrogens is 532 g/mol. The van der Waals surface area contributed by atoms with Crippen LogP contribution in [-0.2, 0) is 10.0 Å². The number of carbonyl (C=O) groups excluding carboxylic acids is 1. The maximum atomic E-state index is 13.6. The molecule has 1 amide bonds. The van der Waals surface area contributed by atoms with Crippen molar-refractivity contribution in [2.75, 3.05) is 52.3 Å². The molecule has 37 heavy (non-hydrogen) atoms. The molecule has 2 unspecified atom stereocenters. The number of likely N-dealkylation sites (N-methyl/N-ethyl adjacent to an activating group) is 1. The molecule has 1 aromatic heterocycles. The molecule has 0 N–H and O–H groups in total.